The van der Waals surface area contributed by atoms with Crippen molar-refractivity contribution in [3.63, 3.8) is 0 Å². The number of benzene rings is 2. The largest absolute Gasteiger partial charge is 0.323 e. The number of nitrogens with zero attached hydrogens (tertiary/aromatic N) is 2. The van der Waals surface area contributed by atoms with E-state index in [-0.39, 0.29) is 5.92 Å². The Morgan fingerprint density at radius 3 is 2.36 bits per heavy atom. The average Bonchev–Trinajstić information content (AvgIpc) is 2.92. The summed E-state index contributed by atoms with van der Waals surface area (Å²) in [5.74, 6) is 2.05. The number of fused-ring (bicyclic) bond motifs is 1. The SMILES string of the molecule is C=C(C)Cn1c(C(C)c2ccc(CC(C)C)cc2)nc2ccccc21. The van der Waals surface area contributed by atoms with Gasteiger partial charge in [-0.2, -0.15) is 0 Å². The lowest BCUT2D eigenvalue weighted by molar-refractivity contribution is 0.646. The van der Waals surface area contributed by atoms with Crippen molar-refractivity contribution in [3.05, 3.63) is 77.6 Å². The lowest BCUT2D eigenvalue weighted by Crippen LogP contribution is -2.09. The lowest BCUT2D eigenvalue weighted by Gasteiger charge is -2.16. The number of para-hydroxylation sites is 2. The van der Waals surface area contributed by atoms with Crippen LogP contribution in [0.2, 0.25) is 0 Å². The molecule has 0 aliphatic heterocycles. The Balaban J connectivity index is 1.98. The van der Waals surface area contributed by atoms with Crippen LogP contribution in [0.5, 0.6) is 0 Å². The van der Waals surface area contributed by atoms with Gasteiger partial charge in [-0.05, 0) is 42.5 Å². The predicted molar refractivity (Wildman–Crippen MR) is 107 cm³/mol. The maximum atomic E-state index is 4.93. The van der Waals surface area contributed by atoms with Crippen LogP contribution in [0.3, 0.4) is 0 Å². The Morgan fingerprint density at radius 1 is 1.04 bits per heavy atom. The van der Waals surface area contributed by atoms with Crippen molar-refractivity contribution < 1.29 is 0 Å². The third-order valence-corrected chi connectivity index (χ3v) is 4.62. The first-order valence-electron chi connectivity index (χ1n) is 9.14. The molecule has 0 amide bonds. The van der Waals surface area contributed by atoms with Crippen LogP contribution in [-0.2, 0) is 13.0 Å². The second-order valence-corrected chi connectivity index (χ2v) is 7.56. The van der Waals surface area contributed by atoms with Gasteiger partial charge in [-0.15, -0.1) is 0 Å². The fourth-order valence-corrected chi connectivity index (χ4v) is 3.42. The molecular weight excluding hydrogens is 304 g/mol. The van der Waals surface area contributed by atoms with Gasteiger partial charge in [-0.1, -0.05) is 69.3 Å². The molecule has 0 saturated carbocycles. The van der Waals surface area contributed by atoms with Gasteiger partial charge in [0, 0.05) is 12.5 Å². The molecule has 1 unspecified atom stereocenters. The molecule has 0 spiro atoms. The summed E-state index contributed by atoms with van der Waals surface area (Å²) >= 11 is 0. The summed E-state index contributed by atoms with van der Waals surface area (Å²) in [6, 6.07) is 17.4. The standard InChI is InChI=1S/C23H28N2/c1-16(2)14-19-10-12-20(13-11-19)18(5)23-24-21-8-6-7-9-22(21)25(23)15-17(3)4/h6-13,16,18H,3,14-15H2,1-2,4-5H3. The molecule has 1 atom stereocenters. The number of rotatable bonds is 6. The van der Waals surface area contributed by atoms with Crippen molar-refractivity contribution >= 4 is 11.0 Å². The van der Waals surface area contributed by atoms with Crippen LogP contribution >= 0.6 is 0 Å². The lowest BCUT2D eigenvalue weighted by atomic mass is 9.96. The van der Waals surface area contributed by atoms with Gasteiger partial charge in [0.25, 0.3) is 0 Å². The van der Waals surface area contributed by atoms with Gasteiger partial charge in [-0.25, -0.2) is 4.98 Å². The second-order valence-electron chi connectivity index (χ2n) is 7.56. The van der Waals surface area contributed by atoms with E-state index >= 15 is 0 Å². The van der Waals surface area contributed by atoms with Crippen molar-refractivity contribution in [3.8, 4) is 0 Å². The first kappa shape index (κ1) is 17.5. The minimum atomic E-state index is 0.250. The Morgan fingerprint density at radius 2 is 1.72 bits per heavy atom. The highest BCUT2D eigenvalue weighted by atomic mass is 15.1. The highest BCUT2D eigenvalue weighted by Gasteiger charge is 2.18. The molecule has 25 heavy (non-hydrogen) atoms. The zero-order valence-corrected chi connectivity index (χ0v) is 15.8. The van der Waals surface area contributed by atoms with Crippen LogP contribution in [0.15, 0.2) is 60.7 Å². The molecule has 0 aliphatic carbocycles. The van der Waals surface area contributed by atoms with Crippen LogP contribution in [0.1, 0.15) is 50.6 Å². The molecule has 0 saturated heterocycles. The molecule has 3 rings (SSSR count). The summed E-state index contributed by atoms with van der Waals surface area (Å²) in [4.78, 5) is 4.93. The van der Waals surface area contributed by atoms with E-state index in [9.17, 15) is 0 Å². The molecule has 0 fully saturated rings. The summed E-state index contributed by atoms with van der Waals surface area (Å²) in [6.45, 7) is 13.7. The minimum absolute atomic E-state index is 0.250. The zero-order valence-electron chi connectivity index (χ0n) is 15.8. The van der Waals surface area contributed by atoms with E-state index in [1.807, 2.05) is 0 Å². The van der Waals surface area contributed by atoms with Gasteiger partial charge in [0.05, 0.1) is 11.0 Å². The highest BCUT2D eigenvalue weighted by Crippen LogP contribution is 2.28. The number of aromatic nitrogens is 2. The van der Waals surface area contributed by atoms with E-state index < -0.39 is 0 Å². The van der Waals surface area contributed by atoms with Crippen LogP contribution in [-0.4, -0.2) is 9.55 Å². The van der Waals surface area contributed by atoms with Crippen LogP contribution in [0.4, 0.5) is 0 Å². The fourth-order valence-electron chi connectivity index (χ4n) is 3.42. The van der Waals surface area contributed by atoms with Crippen LogP contribution in [0, 0.1) is 5.92 Å². The van der Waals surface area contributed by atoms with E-state index in [0.717, 1.165) is 29.9 Å². The van der Waals surface area contributed by atoms with Crippen molar-refractivity contribution in [2.45, 2.75) is 46.6 Å². The molecule has 0 N–H and O–H groups in total. The van der Waals surface area contributed by atoms with Crippen LogP contribution < -0.4 is 0 Å². The molecule has 0 bridgehead atoms. The molecule has 2 nitrogen and oxygen atoms in total. The predicted octanol–water partition coefficient (Wildman–Crippen LogP) is 5.96. The van der Waals surface area contributed by atoms with E-state index in [1.165, 1.54) is 16.6 Å². The van der Waals surface area contributed by atoms with E-state index in [0.29, 0.717) is 5.92 Å². The summed E-state index contributed by atoms with van der Waals surface area (Å²) in [5, 5.41) is 0. The number of imidazole rings is 1. The Hall–Kier alpha value is -2.35. The quantitative estimate of drug-likeness (QED) is 0.509. The van der Waals surface area contributed by atoms with Crippen molar-refractivity contribution in [2.75, 3.05) is 0 Å². The van der Waals surface area contributed by atoms with Gasteiger partial charge >= 0.3 is 0 Å². The average molecular weight is 332 g/mol. The molecule has 130 valence electrons. The van der Waals surface area contributed by atoms with Crippen molar-refractivity contribution in [2.24, 2.45) is 5.92 Å². The smallest absolute Gasteiger partial charge is 0.117 e. The first-order chi connectivity index (χ1) is 12.0. The van der Waals surface area contributed by atoms with E-state index in [1.54, 1.807) is 0 Å². The highest BCUT2D eigenvalue weighted by molar-refractivity contribution is 5.76. The first-order valence-corrected chi connectivity index (χ1v) is 9.14. The Labute approximate surface area is 151 Å². The molecule has 3 aromatic rings. The molecular formula is C23H28N2. The van der Waals surface area contributed by atoms with Gasteiger partial charge < -0.3 is 4.57 Å². The molecule has 2 aromatic carbocycles. The number of hydrogen-bond donors (Lipinski definition) is 0. The van der Waals surface area contributed by atoms with E-state index in [2.05, 4.69) is 87.4 Å². The van der Waals surface area contributed by atoms with E-state index in [4.69, 9.17) is 4.98 Å². The maximum absolute atomic E-state index is 4.93. The monoisotopic (exact) mass is 332 g/mol. The Kier molecular flexibility index (Phi) is 5.08. The summed E-state index contributed by atoms with van der Waals surface area (Å²) in [5.41, 5.74) is 6.10. The topological polar surface area (TPSA) is 17.8 Å². The molecule has 0 aliphatic rings. The molecule has 1 aromatic heterocycles. The normalized spacial score (nSPS) is 12.7. The third-order valence-electron chi connectivity index (χ3n) is 4.62. The number of allylic oxidation sites excluding steroid dienone is 1. The second kappa shape index (κ2) is 7.26. The molecule has 0 radical (unpaired) electrons. The van der Waals surface area contributed by atoms with Crippen molar-refractivity contribution in [1.29, 1.82) is 0 Å². The Bertz CT molecular complexity index is 869. The van der Waals surface area contributed by atoms with Gasteiger partial charge in [0.15, 0.2) is 0 Å². The minimum Gasteiger partial charge on any atom is -0.323 e. The zero-order chi connectivity index (χ0) is 18.0. The molecule has 1 heterocycles. The summed E-state index contributed by atoms with van der Waals surface area (Å²) in [7, 11) is 0. The van der Waals surface area contributed by atoms with Crippen molar-refractivity contribution in [1.82, 2.24) is 9.55 Å². The van der Waals surface area contributed by atoms with Gasteiger partial charge in [0.1, 0.15) is 5.82 Å². The third kappa shape index (κ3) is 3.84. The summed E-state index contributed by atoms with van der Waals surface area (Å²) in [6.07, 6.45) is 1.13. The van der Waals surface area contributed by atoms with Gasteiger partial charge in [-0.3, -0.25) is 0 Å². The van der Waals surface area contributed by atoms with Gasteiger partial charge in [0.2, 0.25) is 0 Å². The summed E-state index contributed by atoms with van der Waals surface area (Å²) < 4.78 is 2.31. The fraction of sp³-hybridized carbons (Fsp3) is 0.348. The number of hydrogen-bond acceptors (Lipinski definition) is 1. The van der Waals surface area contributed by atoms with Crippen LogP contribution in [0.25, 0.3) is 11.0 Å². The maximum Gasteiger partial charge on any atom is 0.117 e. The molecule has 2 heteroatoms.